The van der Waals surface area contributed by atoms with E-state index in [4.69, 9.17) is 0 Å². The molecule has 0 fully saturated rings. The minimum Gasteiger partial charge on any atom is -0.348 e. The Labute approximate surface area is 200 Å². The van der Waals surface area contributed by atoms with E-state index < -0.39 is 34.8 Å². The van der Waals surface area contributed by atoms with Crippen LogP contribution in [0.3, 0.4) is 0 Å². The molecule has 0 aliphatic carbocycles. The molecule has 0 radical (unpaired) electrons. The van der Waals surface area contributed by atoms with Gasteiger partial charge in [-0.1, -0.05) is 91.0 Å². The van der Waals surface area contributed by atoms with Crippen LogP contribution in [0.25, 0.3) is 11.3 Å². The van der Waals surface area contributed by atoms with Gasteiger partial charge in [-0.3, -0.25) is 9.59 Å². The van der Waals surface area contributed by atoms with E-state index in [1.54, 1.807) is 84.9 Å². The van der Waals surface area contributed by atoms with Crippen molar-refractivity contribution in [1.82, 2.24) is 10.3 Å². The van der Waals surface area contributed by atoms with Crippen LogP contribution in [0.15, 0.2) is 102 Å². The van der Waals surface area contributed by atoms with Crippen LogP contribution >= 0.6 is 0 Å². The number of hydrogen-bond donors (Lipinski definition) is 2. The molecule has 178 valence electrons. The van der Waals surface area contributed by atoms with E-state index in [9.17, 15) is 22.8 Å². The number of hydrogen-bond acceptors (Lipinski definition) is 2. The predicted molar refractivity (Wildman–Crippen MR) is 129 cm³/mol. The quantitative estimate of drug-likeness (QED) is 0.359. The van der Waals surface area contributed by atoms with Gasteiger partial charge in [0.15, 0.2) is 0 Å². The van der Waals surface area contributed by atoms with E-state index in [-0.39, 0.29) is 18.5 Å². The highest BCUT2D eigenvalue weighted by molar-refractivity contribution is 5.79. The van der Waals surface area contributed by atoms with E-state index in [0.717, 1.165) is 6.07 Å². The zero-order valence-electron chi connectivity index (χ0n) is 18.7. The van der Waals surface area contributed by atoms with Gasteiger partial charge in [0.05, 0.1) is 23.6 Å². The van der Waals surface area contributed by atoms with E-state index >= 15 is 0 Å². The summed E-state index contributed by atoms with van der Waals surface area (Å²) in [5.41, 5.74) is -0.553. The number of benzene rings is 3. The van der Waals surface area contributed by atoms with Crippen molar-refractivity contribution >= 4 is 5.91 Å². The Morgan fingerprint density at radius 1 is 0.829 bits per heavy atom. The third kappa shape index (κ3) is 6.06. The van der Waals surface area contributed by atoms with E-state index in [1.165, 1.54) is 0 Å². The summed E-state index contributed by atoms with van der Waals surface area (Å²) in [5.74, 6) is -0.475. The Hall–Kier alpha value is -4.13. The fourth-order valence-electron chi connectivity index (χ4n) is 4.03. The number of pyridine rings is 1. The first-order valence-corrected chi connectivity index (χ1v) is 11.1. The third-order valence-electron chi connectivity index (χ3n) is 5.64. The number of rotatable bonds is 7. The van der Waals surface area contributed by atoms with E-state index in [1.807, 2.05) is 6.07 Å². The van der Waals surface area contributed by atoms with Crippen LogP contribution in [-0.2, 0) is 23.8 Å². The van der Waals surface area contributed by atoms with Crippen LogP contribution in [0, 0.1) is 0 Å². The number of carbonyl (C=O) groups excluding carboxylic acids is 1. The van der Waals surface area contributed by atoms with E-state index in [2.05, 4.69) is 10.3 Å². The average molecular weight is 476 g/mol. The summed E-state index contributed by atoms with van der Waals surface area (Å²) in [4.78, 5) is 28.6. The number of H-pyrrole nitrogens is 1. The number of aromatic amines is 1. The molecule has 7 heteroatoms. The molecule has 1 unspecified atom stereocenters. The van der Waals surface area contributed by atoms with Crippen LogP contribution in [0.4, 0.5) is 13.2 Å². The normalized spacial score (nSPS) is 12.2. The van der Waals surface area contributed by atoms with Crippen LogP contribution in [0.5, 0.6) is 0 Å². The van der Waals surface area contributed by atoms with Crippen molar-refractivity contribution in [3.05, 3.63) is 130 Å². The molecule has 0 bridgehead atoms. The lowest BCUT2D eigenvalue weighted by Crippen LogP contribution is -2.36. The molecule has 2 N–H and O–H groups in total. The van der Waals surface area contributed by atoms with Crippen LogP contribution < -0.4 is 10.9 Å². The average Bonchev–Trinajstić information content (AvgIpc) is 2.84. The van der Waals surface area contributed by atoms with Crippen molar-refractivity contribution in [2.24, 2.45) is 0 Å². The zero-order chi connectivity index (χ0) is 24.8. The first-order chi connectivity index (χ1) is 16.8. The minimum absolute atomic E-state index is 0.0204. The molecule has 1 heterocycles. The number of amides is 1. The lowest BCUT2D eigenvalue weighted by atomic mass is 9.94. The molecule has 0 saturated carbocycles. The van der Waals surface area contributed by atoms with Crippen molar-refractivity contribution in [3.8, 4) is 11.3 Å². The first-order valence-electron chi connectivity index (χ1n) is 11.1. The van der Waals surface area contributed by atoms with Crippen LogP contribution in [0.2, 0.25) is 0 Å². The number of halogens is 3. The maximum Gasteiger partial charge on any atom is 0.417 e. The fourth-order valence-corrected chi connectivity index (χ4v) is 4.03. The summed E-state index contributed by atoms with van der Waals surface area (Å²) in [6.07, 6.45) is -4.79. The molecule has 0 aliphatic heterocycles. The van der Waals surface area contributed by atoms with Gasteiger partial charge in [0, 0.05) is 5.69 Å². The fraction of sp³-hybridized carbons (Fsp3) is 0.143. The highest BCUT2D eigenvalue weighted by Crippen LogP contribution is 2.36. The highest BCUT2D eigenvalue weighted by atomic mass is 19.4. The summed E-state index contributed by atoms with van der Waals surface area (Å²) >= 11 is 0. The molecule has 1 atom stereocenters. The van der Waals surface area contributed by atoms with Gasteiger partial charge in [-0.05, 0) is 29.2 Å². The van der Waals surface area contributed by atoms with Gasteiger partial charge in [-0.25, -0.2) is 0 Å². The van der Waals surface area contributed by atoms with Gasteiger partial charge in [-0.15, -0.1) is 0 Å². The molecule has 0 aliphatic rings. The summed E-state index contributed by atoms with van der Waals surface area (Å²) in [6.45, 7) is 0. The molecular weight excluding hydrogens is 453 g/mol. The van der Waals surface area contributed by atoms with Crippen molar-refractivity contribution < 1.29 is 18.0 Å². The molecule has 1 aromatic heterocycles. The number of nitrogens with one attached hydrogen (secondary N) is 2. The molecule has 1 amide bonds. The maximum atomic E-state index is 14.2. The third-order valence-corrected chi connectivity index (χ3v) is 5.64. The van der Waals surface area contributed by atoms with Crippen molar-refractivity contribution in [3.63, 3.8) is 0 Å². The molecule has 4 nitrogen and oxygen atoms in total. The Balaban J connectivity index is 1.77. The first kappa shape index (κ1) is 24.0. The Bertz CT molecular complexity index is 1340. The Kier molecular flexibility index (Phi) is 7.15. The highest BCUT2D eigenvalue weighted by Gasteiger charge is 2.38. The smallest absolute Gasteiger partial charge is 0.348 e. The molecule has 0 saturated heterocycles. The Morgan fingerprint density at radius 3 is 1.94 bits per heavy atom. The van der Waals surface area contributed by atoms with Crippen LogP contribution in [0.1, 0.15) is 28.3 Å². The molecule has 0 spiro atoms. The molecular formula is C28H23F3N2O2. The van der Waals surface area contributed by atoms with Crippen molar-refractivity contribution in [2.75, 3.05) is 0 Å². The largest absolute Gasteiger partial charge is 0.417 e. The summed E-state index contributed by atoms with van der Waals surface area (Å²) in [5, 5.41) is 2.68. The molecule has 3 aromatic carbocycles. The number of aromatic nitrogens is 1. The number of alkyl halides is 3. The minimum atomic E-state index is -4.80. The number of carbonyl (C=O) groups is 1. The van der Waals surface area contributed by atoms with Gasteiger partial charge in [0.1, 0.15) is 0 Å². The Morgan fingerprint density at radius 2 is 1.37 bits per heavy atom. The maximum absolute atomic E-state index is 14.2. The van der Waals surface area contributed by atoms with Crippen molar-refractivity contribution in [1.29, 1.82) is 0 Å². The SMILES string of the molecule is O=C(Cc1ccccc1)NC(Cc1ccccc1)c1c(C(F)(F)F)cc(-c2ccccc2)[nH]c1=O. The van der Waals surface area contributed by atoms with Gasteiger partial charge in [0.2, 0.25) is 5.91 Å². The lowest BCUT2D eigenvalue weighted by Gasteiger charge is -2.23. The van der Waals surface area contributed by atoms with Crippen LogP contribution in [-0.4, -0.2) is 10.9 Å². The predicted octanol–water partition coefficient (Wildman–Crippen LogP) is 5.70. The topological polar surface area (TPSA) is 62.0 Å². The second-order valence-electron chi connectivity index (χ2n) is 8.18. The zero-order valence-corrected chi connectivity index (χ0v) is 18.7. The van der Waals surface area contributed by atoms with E-state index in [0.29, 0.717) is 16.7 Å². The molecule has 4 aromatic rings. The van der Waals surface area contributed by atoms with Gasteiger partial charge in [-0.2, -0.15) is 13.2 Å². The summed E-state index contributed by atoms with van der Waals surface area (Å²) in [6, 6.07) is 25.8. The standard InChI is InChI=1S/C28H23F3N2O2/c29-28(30,31)22-18-23(21-14-8-3-9-15-21)33-27(35)26(22)24(16-19-10-4-1-5-11-19)32-25(34)17-20-12-6-2-7-13-20/h1-15,18,24H,16-17H2,(H,32,34)(H,33,35). The monoisotopic (exact) mass is 476 g/mol. The molecule has 4 rings (SSSR count). The van der Waals surface area contributed by atoms with Gasteiger partial charge in [0.25, 0.3) is 5.56 Å². The summed E-state index contributed by atoms with van der Waals surface area (Å²) < 4.78 is 42.7. The van der Waals surface area contributed by atoms with Gasteiger partial charge >= 0.3 is 6.18 Å². The van der Waals surface area contributed by atoms with Gasteiger partial charge < -0.3 is 10.3 Å². The second-order valence-corrected chi connectivity index (χ2v) is 8.18. The van der Waals surface area contributed by atoms with Crippen molar-refractivity contribution in [2.45, 2.75) is 25.1 Å². The second kappa shape index (κ2) is 10.4. The molecule has 35 heavy (non-hydrogen) atoms. The summed E-state index contributed by atoms with van der Waals surface area (Å²) in [7, 11) is 0. The lowest BCUT2D eigenvalue weighted by molar-refractivity contribution is -0.139.